The monoisotopic (exact) mass is 387 g/mol. The summed E-state index contributed by atoms with van der Waals surface area (Å²) in [5, 5.41) is 7.10. The van der Waals surface area contributed by atoms with Crippen LogP contribution in [-0.4, -0.2) is 58.6 Å². The van der Waals surface area contributed by atoms with Crippen molar-refractivity contribution < 1.29 is 14.3 Å². The summed E-state index contributed by atoms with van der Waals surface area (Å²) in [4.78, 5) is 33.9. The van der Waals surface area contributed by atoms with E-state index in [1.807, 2.05) is 33.0 Å². The fraction of sp³-hybridized carbons (Fsp3) is 0.550. The summed E-state index contributed by atoms with van der Waals surface area (Å²) in [6.07, 6.45) is 5.68. The zero-order valence-electron chi connectivity index (χ0n) is 17.0. The second-order valence-electron chi connectivity index (χ2n) is 8.11. The predicted octanol–water partition coefficient (Wildman–Crippen LogP) is 3.12. The molecule has 152 valence electrons. The SMILES string of the molecule is CNC(=O)c1cnc2[nH]ccc2c1NC1CCCN(C(=O)OC(C)(C)C)CC1. The number of nitrogens with one attached hydrogen (secondary N) is 3. The number of ether oxygens (including phenoxy) is 1. The minimum absolute atomic E-state index is 0.149. The molecule has 28 heavy (non-hydrogen) atoms. The Hall–Kier alpha value is -2.77. The van der Waals surface area contributed by atoms with E-state index in [9.17, 15) is 9.59 Å². The van der Waals surface area contributed by atoms with Crippen LogP contribution in [0.3, 0.4) is 0 Å². The van der Waals surface area contributed by atoms with E-state index >= 15 is 0 Å². The van der Waals surface area contributed by atoms with Crippen LogP contribution < -0.4 is 10.6 Å². The molecule has 0 spiro atoms. The van der Waals surface area contributed by atoms with Gasteiger partial charge in [-0.05, 0) is 46.1 Å². The lowest BCUT2D eigenvalue weighted by atomic mass is 10.1. The molecular formula is C20H29N5O3. The molecule has 8 heteroatoms. The molecule has 0 aromatic carbocycles. The summed E-state index contributed by atoms with van der Waals surface area (Å²) in [5.74, 6) is -0.179. The first-order valence-electron chi connectivity index (χ1n) is 9.71. The van der Waals surface area contributed by atoms with Gasteiger partial charge in [-0.3, -0.25) is 4.79 Å². The lowest BCUT2D eigenvalue weighted by Crippen LogP contribution is -2.37. The largest absolute Gasteiger partial charge is 0.444 e. The van der Waals surface area contributed by atoms with Gasteiger partial charge in [-0.2, -0.15) is 0 Å². The van der Waals surface area contributed by atoms with Crippen LogP contribution in [-0.2, 0) is 4.74 Å². The zero-order chi connectivity index (χ0) is 20.3. The minimum Gasteiger partial charge on any atom is -0.444 e. The number of pyridine rings is 1. The Bertz CT molecular complexity index is 855. The molecule has 0 aliphatic carbocycles. The standard InChI is InChI=1S/C20H29N5O3/c1-20(2,3)28-19(27)25-10-5-6-13(8-11-25)24-16-14-7-9-22-17(14)23-12-15(16)18(26)21-4/h7,9,12-13H,5-6,8,10-11H2,1-4H3,(H,21,26)(H2,22,23,24). The van der Waals surface area contributed by atoms with Crippen molar-refractivity contribution >= 4 is 28.7 Å². The lowest BCUT2D eigenvalue weighted by Gasteiger charge is -2.26. The number of aromatic nitrogens is 2. The van der Waals surface area contributed by atoms with Crippen LogP contribution in [0.25, 0.3) is 11.0 Å². The van der Waals surface area contributed by atoms with E-state index in [1.54, 1.807) is 18.1 Å². The number of anilines is 1. The third-order valence-electron chi connectivity index (χ3n) is 4.79. The molecule has 8 nitrogen and oxygen atoms in total. The third kappa shape index (κ3) is 4.55. The molecule has 1 fully saturated rings. The van der Waals surface area contributed by atoms with Gasteiger partial charge in [0.15, 0.2) is 0 Å². The first-order chi connectivity index (χ1) is 13.3. The molecule has 3 N–H and O–H groups in total. The zero-order valence-corrected chi connectivity index (χ0v) is 17.0. The highest BCUT2D eigenvalue weighted by atomic mass is 16.6. The van der Waals surface area contributed by atoms with Crippen LogP contribution in [0, 0.1) is 0 Å². The number of rotatable bonds is 3. The van der Waals surface area contributed by atoms with E-state index in [1.165, 1.54) is 0 Å². The van der Waals surface area contributed by atoms with Crippen molar-refractivity contribution in [2.45, 2.75) is 51.7 Å². The van der Waals surface area contributed by atoms with Crippen LogP contribution in [0.15, 0.2) is 18.5 Å². The van der Waals surface area contributed by atoms with E-state index in [2.05, 4.69) is 20.6 Å². The Morgan fingerprint density at radius 1 is 1.29 bits per heavy atom. The van der Waals surface area contributed by atoms with Crippen molar-refractivity contribution in [2.24, 2.45) is 0 Å². The molecular weight excluding hydrogens is 358 g/mol. The Balaban J connectivity index is 1.75. The predicted molar refractivity (Wildman–Crippen MR) is 109 cm³/mol. The first-order valence-corrected chi connectivity index (χ1v) is 9.71. The Morgan fingerprint density at radius 3 is 2.79 bits per heavy atom. The Morgan fingerprint density at radius 2 is 2.07 bits per heavy atom. The van der Waals surface area contributed by atoms with Gasteiger partial charge in [-0.15, -0.1) is 0 Å². The van der Waals surface area contributed by atoms with Crippen LogP contribution in [0.1, 0.15) is 50.4 Å². The van der Waals surface area contributed by atoms with Crippen molar-refractivity contribution in [2.75, 3.05) is 25.5 Å². The van der Waals surface area contributed by atoms with Crippen LogP contribution >= 0.6 is 0 Å². The van der Waals surface area contributed by atoms with Crippen LogP contribution in [0.5, 0.6) is 0 Å². The molecule has 1 aliphatic heterocycles. The highest BCUT2D eigenvalue weighted by Crippen LogP contribution is 2.28. The number of likely N-dealkylation sites (tertiary alicyclic amines) is 1. The molecule has 0 saturated carbocycles. The molecule has 2 aromatic heterocycles. The number of aromatic amines is 1. The van der Waals surface area contributed by atoms with Crippen LogP contribution in [0.4, 0.5) is 10.5 Å². The normalized spacial score (nSPS) is 17.9. The number of hydrogen-bond donors (Lipinski definition) is 3. The fourth-order valence-corrected chi connectivity index (χ4v) is 3.42. The smallest absolute Gasteiger partial charge is 0.410 e. The summed E-state index contributed by atoms with van der Waals surface area (Å²) in [5.41, 5.74) is 1.53. The van der Waals surface area contributed by atoms with Gasteiger partial charge in [-0.1, -0.05) is 0 Å². The van der Waals surface area contributed by atoms with Crippen molar-refractivity contribution in [3.63, 3.8) is 0 Å². The van der Waals surface area contributed by atoms with E-state index in [-0.39, 0.29) is 18.0 Å². The van der Waals surface area contributed by atoms with Gasteiger partial charge in [0, 0.05) is 44.0 Å². The number of H-pyrrole nitrogens is 1. The number of carbonyl (C=O) groups excluding carboxylic acids is 2. The third-order valence-corrected chi connectivity index (χ3v) is 4.79. The molecule has 1 saturated heterocycles. The average molecular weight is 387 g/mol. The van der Waals surface area contributed by atoms with Gasteiger partial charge in [0.2, 0.25) is 0 Å². The van der Waals surface area contributed by atoms with E-state index in [0.29, 0.717) is 18.7 Å². The second kappa shape index (κ2) is 8.08. The number of nitrogens with zero attached hydrogens (tertiary/aromatic N) is 2. The molecule has 2 amide bonds. The van der Waals surface area contributed by atoms with Gasteiger partial charge in [0.05, 0.1) is 11.3 Å². The lowest BCUT2D eigenvalue weighted by molar-refractivity contribution is 0.0256. The Kier molecular flexibility index (Phi) is 5.76. The number of amides is 2. The molecule has 0 bridgehead atoms. The molecule has 2 aromatic rings. The van der Waals surface area contributed by atoms with Gasteiger partial charge in [0.1, 0.15) is 11.2 Å². The van der Waals surface area contributed by atoms with Crippen molar-refractivity contribution in [3.8, 4) is 0 Å². The molecule has 0 radical (unpaired) electrons. The van der Waals surface area contributed by atoms with Gasteiger partial charge in [-0.25, -0.2) is 9.78 Å². The molecule has 1 atom stereocenters. The maximum atomic E-state index is 12.4. The maximum Gasteiger partial charge on any atom is 0.410 e. The summed E-state index contributed by atoms with van der Waals surface area (Å²) in [6, 6.07) is 2.07. The summed E-state index contributed by atoms with van der Waals surface area (Å²) in [6.45, 7) is 6.91. The average Bonchev–Trinajstić information content (AvgIpc) is 2.99. The van der Waals surface area contributed by atoms with Gasteiger partial charge in [0.25, 0.3) is 5.91 Å². The quantitative estimate of drug-likeness (QED) is 0.751. The summed E-state index contributed by atoms with van der Waals surface area (Å²) >= 11 is 0. The highest BCUT2D eigenvalue weighted by molar-refractivity contribution is 6.06. The summed E-state index contributed by atoms with van der Waals surface area (Å²) < 4.78 is 5.50. The van der Waals surface area contributed by atoms with Gasteiger partial charge >= 0.3 is 6.09 Å². The van der Waals surface area contributed by atoms with E-state index in [4.69, 9.17) is 4.74 Å². The molecule has 1 aliphatic rings. The van der Waals surface area contributed by atoms with E-state index < -0.39 is 5.60 Å². The second-order valence-corrected chi connectivity index (χ2v) is 8.11. The van der Waals surface area contributed by atoms with Crippen molar-refractivity contribution in [1.29, 1.82) is 0 Å². The highest BCUT2D eigenvalue weighted by Gasteiger charge is 2.26. The first kappa shape index (κ1) is 20.0. The van der Waals surface area contributed by atoms with Crippen molar-refractivity contribution in [3.05, 3.63) is 24.0 Å². The summed E-state index contributed by atoms with van der Waals surface area (Å²) in [7, 11) is 1.61. The van der Waals surface area contributed by atoms with Crippen molar-refractivity contribution in [1.82, 2.24) is 20.2 Å². The van der Waals surface area contributed by atoms with Crippen LogP contribution in [0.2, 0.25) is 0 Å². The topological polar surface area (TPSA) is 99.4 Å². The molecule has 1 unspecified atom stereocenters. The maximum absolute atomic E-state index is 12.4. The Labute approximate surface area is 165 Å². The number of carbonyl (C=O) groups is 2. The number of fused-ring (bicyclic) bond motifs is 1. The minimum atomic E-state index is -0.500. The molecule has 3 heterocycles. The number of hydrogen-bond acceptors (Lipinski definition) is 5. The van der Waals surface area contributed by atoms with Gasteiger partial charge < -0.3 is 25.3 Å². The molecule has 3 rings (SSSR count). The van der Waals surface area contributed by atoms with E-state index in [0.717, 1.165) is 36.0 Å². The fourth-order valence-electron chi connectivity index (χ4n) is 3.42.